The molecule has 0 aliphatic heterocycles. The van der Waals surface area contributed by atoms with E-state index in [0.29, 0.717) is 17.1 Å². The van der Waals surface area contributed by atoms with Crippen LogP contribution in [0.15, 0.2) is 18.2 Å². The standard InChI is InChI=1S/C12H15ClN2O3/c1-8-3-4-9(13)7-10(8)15-12(18)11(17)14-5-2-6-16/h3-4,7,16H,2,5-6H2,1H3,(H,14,17)(H,15,18). The van der Waals surface area contributed by atoms with Gasteiger partial charge in [0.1, 0.15) is 0 Å². The lowest BCUT2D eigenvalue weighted by Crippen LogP contribution is -2.36. The summed E-state index contributed by atoms with van der Waals surface area (Å²) in [6, 6.07) is 5.03. The highest BCUT2D eigenvalue weighted by molar-refractivity contribution is 6.40. The van der Waals surface area contributed by atoms with Crippen LogP contribution in [0.25, 0.3) is 0 Å². The minimum absolute atomic E-state index is 0.0324. The lowest BCUT2D eigenvalue weighted by molar-refractivity contribution is -0.136. The highest BCUT2D eigenvalue weighted by atomic mass is 35.5. The molecule has 2 amide bonds. The maximum atomic E-state index is 11.5. The van der Waals surface area contributed by atoms with Gasteiger partial charge in [-0.25, -0.2) is 0 Å². The van der Waals surface area contributed by atoms with Crippen molar-refractivity contribution < 1.29 is 14.7 Å². The Kier molecular flexibility index (Phi) is 5.61. The molecule has 0 aromatic heterocycles. The molecule has 0 aliphatic carbocycles. The molecule has 18 heavy (non-hydrogen) atoms. The fourth-order valence-corrected chi connectivity index (χ4v) is 1.44. The monoisotopic (exact) mass is 270 g/mol. The Labute approximate surface area is 110 Å². The van der Waals surface area contributed by atoms with Crippen molar-refractivity contribution in [2.45, 2.75) is 13.3 Å². The van der Waals surface area contributed by atoms with E-state index in [1.165, 1.54) is 0 Å². The van der Waals surface area contributed by atoms with E-state index in [0.717, 1.165) is 5.56 Å². The summed E-state index contributed by atoms with van der Waals surface area (Å²) in [7, 11) is 0. The molecule has 0 bridgehead atoms. The maximum absolute atomic E-state index is 11.5. The lowest BCUT2D eigenvalue weighted by atomic mass is 10.2. The second-order valence-electron chi connectivity index (χ2n) is 3.75. The first kappa shape index (κ1) is 14.5. The molecule has 0 spiro atoms. The summed E-state index contributed by atoms with van der Waals surface area (Å²) in [6.45, 7) is 2.03. The second kappa shape index (κ2) is 6.98. The van der Waals surface area contributed by atoms with Gasteiger partial charge in [0.25, 0.3) is 0 Å². The van der Waals surface area contributed by atoms with E-state index in [9.17, 15) is 9.59 Å². The number of hydrogen-bond donors (Lipinski definition) is 3. The summed E-state index contributed by atoms with van der Waals surface area (Å²) < 4.78 is 0. The van der Waals surface area contributed by atoms with Crippen LogP contribution in [0.3, 0.4) is 0 Å². The van der Waals surface area contributed by atoms with Crippen LogP contribution in [0, 0.1) is 6.92 Å². The molecule has 0 saturated carbocycles. The summed E-state index contributed by atoms with van der Waals surface area (Å²) >= 11 is 5.80. The Morgan fingerprint density at radius 3 is 2.72 bits per heavy atom. The van der Waals surface area contributed by atoms with E-state index in [2.05, 4.69) is 10.6 Å². The number of amides is 2. The number of benzene rings is 1. The van der Waals surface area contributed by atoms with Crippen LogP contribution in [0.5, 0.6) is 0 Å². The predicted octanol–water partition coefficient (Wildman–Crippen LogP) is 1.09. The average Bonchev–Trinajstić information content (AvgIpc) is 2.34. The summed E-state index contributed by atoms with van der Waals surface area (Å²) in [5.74, 6) is -1.49. The van der Waals surface area contributed by atoms with Gasteiger partial charge in [-0.15, -0.1) is 0 Å². The normalized spacial score (nSPS) is 9.94. The average molecular weight is 271 g/mol. The first-order valence-corrected chi connectivity index (χ1v) is 5.88. The molecule has 0 aliphatic rings. The summed E-state index contributed by atoms with van der Waals surface area (Å²) in [5.41, 5.74) is 1.32. The first-order valence-electron chi connectivity index (χ1n) is 5.51. The number of hydrogen-bond acceptors (Lipinski definition) is 3. The fraction of sp³-hybridized carbons (Fsp3) is 0.333. The Bertz CT molecular complexity index is 449. The topological polar surface area (TPSA) is 78.4 Å². The molecule has 0 unspecified atom stereocenters. The molecule has 0 heterocycles. The Morgan fingerprint density at radius 2 is 2.06 bits per heavy atom. The number of anilines is 1. The number of aliphatic hydroxyl groups is 1. The SMILES string of the molecule is Cc1ccc(Cl)cc1NC(=O)C(=O)NCCCO. The van der Waals surface area contributed by atoms with E-state index < -0.39 is 11.8 Å². The predicted molar refractivity (Wildman–Crippen MR) is 69.5 cm³/mol. The number of carbonyl (C=O) groups excluding carboxylic acids is 2. The van der Waals surface area contributed by atoms with Crippen molar-refractivity contribution in [1.82, 2.24) is 5.32 Å². The third-order valence-corrected chi connectivity index (χ3v) is 2.51. The molecule has 1 aromatic rings. The van der Waals surface area contributed by atoms with Crippen molar-refractivity contribution in [3.05, 3.63) is 28.8 Å². The van der Waals surface area contributed by atoms with Gasteiger partial charge in [0.15, 0.2) is 0 Å². The van der Waals surface area contributed by atoms with Crippen molar-refractivity contribution in [3.8, 4) is 0 Å². The van der Waals surface area contributed by atoms with Crippen LogP contribution in [0.4, 0.5) is 5.69 Å². The van der Waals surface area contributed by atoms with Gasteiger partial charge < -0.3 is 15.7 Å². The van der Waals surface area contributed by atoms with Crippen molar-refractivity contribution in [2.24, 2.45) is 0 Å². The maximum Gasteiger partial charge on any atom is 0.313 e. The highest BCUT2D eigenvalue weighted by Gasteiger charge is 2.13. The van der Waals surface area contributed by atoms with Crippen LogP contribution in [0.1, 0.15) is 12.0 Å². The van der Waals surface area contributed by atoms with Crippen LogP contribution in [-0.2, 0) is 9.59 Å². The van der Waals surface area contributed by atoms with E-state index in [1.54, 1.807) is 25.1 Å². The Hall–Kier alpha value is -1.59. The van der Waals surface area contributed by atoms with Gasteiger partial charge in [-0.3, -0.25) is 9.59 Å². The number of rotatable bonds is 4. The van der Waals surface area contributed by atoms with Crippen molar-refractivity contribution >= 4 is 29.1 Å². The van der Waals surface area contributed by atoms with Crippen LogP contribution in [-0.4, -0.2) is 30.1 Å². The van der Waals surface area contributed by atoms with Gasteiger partial charge in [-0.1, -0.05) is 17.7 Å². The van der Waals surface area contributed by atoms with E-state index in [1.807, 2.05) is 0 Å². The second-order valence-corrected chi connectivity index (χ2v) is 4.18. The number of halogens is 1. The smallest absolute Gasteiger partial charge is 0.313 e. The van der Waals surface area contributed by atoms with E-state index in [-0.39, 0.29) is 13.2 Å². The molecule has 0 radical (unpaired) electrons. The van der Waals surface area contributed by atoms with E-state index in [4.69, 9.17) is 16.7 Å². The van der Waals surface area contributed by atoms with Crippen molar-refractivity contribution in [3.63, 3.8) is 0 Å². The van der Waals surface area contributed by atoms with Gasteiger partial charge in [0.05, 0.1) is 0 Å². The molecule has 0 atom stereocenters. The molecule has 6 heteroatoms. The largest absolute Gasteiger partial charge is 0.396 e. The third kappa shape index (κ3) is 4.35. The molecular weight excluding hydrogens is 256 g/mol. The van der Waals surface area contributed by atoms with Crippen LogP contribution < -0.4 is 10.6 Å². The van der Waals surface area contributed by atoms with Gasteiger partial charge >= 0.3 is 11.8 Å². The summed E-state index contributed by atoms with van der Waals surface area (Å²) in [6.07, 6.45) is 0.412. The molecular formula is C12H15ClN2O3. The lowest BCUT2D eigenvalue weighted by Gasteiger charge is -2.08. The Morgan fingerprint density at radius 1 is 1.33 bits per heavy atom. The van der Waals surface area contributed by atoms with Gasteiger partial charge in [-0.05, 0) is 31.0 Å². The summed E-state index contributed by atoms with van der Waals surface area (Å²) in [5, 5.41) is 13.9. The molecule has 5 nitrogen and oxygen atoms in total. The molecule has 1 rings (SSSR count). The number of nitrogens with one attached hydrogen (secondary N) is 2. The minimum atomic E-state index is -0.752. The van der Waals surface area contributed by atoms with E-state index >= 15 is 0 Å². The fourth-order valence-electron chi connectivity index (χ4n) is 1.27. The van der Waals surface area contributed by atoms with Gasteiger partial charge in [0, 0.05) is 23.9 Å². The minimum Gasteiger partial charge on any atom is -0.396 e. The Balaban J connectivity index is 2.58. The molecule has 0 saturated heterocycles. The zero-order valence-corrected chi connectivity index (χ0v) is 10.8. The molecule has 98 valence electrons. The molecule has 0 fully saturated rings. The highest BCUT2D eigenvalue weighted by Crippen LogP contribution is 2.19. The first-order chi connectivity index (χ1) is 8.54. The molecule has 1 aromatic carbocycles. The third-order valence-electron chi connectivity index (χ3n) is 2.27. The zero-order valence-electron chi connectivity index (χ0n) is 10.00. The van der Waals surface area contributed by atoms with Crippen molar-refractivity contribution in [1.29, 1.82) is 0 Å². The summed E-state index contributed by atoms with van der Waals surface area (Å²) in [4.78, 5) is 22.9. The van der Waals surface area contributed by atoms with Crippen molar-refractivity contribution in [2.75, 3.05) is 18.5 Å². The number of carbonyl (C=O) groups is 2. The zero-order chi connectivity index (χ0) is 13.5. The van der Waals surface area contributed by atoms with Crippen LogP contribution >= 0.6 is 11.6 Å². The number of aryl methyl sites for hydroxylation is 1. The van der Waals surface area contributed by atoms with Gasteiger partial charge in [0.2, 0.25) is 0 Å². The molecule has 3 N–H and O–H groups in total. The van der Waals surface area contributed by atoms with Gasteiger partial charge in [-0.2, -0.15) is 0 Å². The van der Waals surface area contributed by atoms with Crippen LogP contribution in [0.2, 0.25) is 5.02 Å². The number of aliphatic hydroxyl groups excluding tert-OH is 1. The quantitative estimate of drug-likeness (QED) is 0.566.